The molecule has 3 fully saturated rings. The smallest absolute Gasteiger partial charge is 0.273 e. The van der Waals surface area contributed by atoms with Gasteiger partial charge < -0.3 is 9.80 Å². The predicted octanol–water partition coefficient (Wildman–Crippen LogP) is 4.92. The predicted molar refractivity (Wildman–Crippen MR) is 111 cm³/mol. The van der Waals surface area contributed by atoms with E-state index in [1.54, 1.807) is 11.3 Å². The highest BCUT2D eigenvalue weighted by molar-refractivity contribution is 7.09. The standard InChI is InChI=1S/C22H35N3OS/c1-16(2)14-24-12-10-17(11-13-24)21-23-20(15-27-21)22(26)25(19-8-9-19)18-6-4-3-5-7-18/h15-19H,3-14H2,1-2H3. The highest BCUT2D eigenvalue weighted by Gasteiger charge is 2.39. The van der Waals surface area contributed by atoms with E-state index < -0.39 is 0 Å². The van der Waals surface area contributed by atoms with Crippen molar-refractivity contribution in [1.29, 1.82) is 0 Å². The summed E-state index contributed by atoms with van der Waals surface area (Å²) in [6.45, 7) is 8.13. The summed E-state index contributed by atoms with van der Waals surface area (Å²) in [5.41, 5.74) is 0.720. The molecule has 4 rings (SSSR count). The number of nitrogens with zero attached hydrogens (tertiary/aromatic N) is 3. The van der Waals surface area contributed by atoms with E-state index in [9.17, 15) is 4.79 Å². The molecule has 5 heteroatoms. The molecule has 1 amide bonds. The first-order chi connectivity index (χ1) is 13.1. The van der Waals surface area contributed by atoms with Gasteiger partial charge in [-0.25, -0.2) is 4.98 Å². The zero-order valence-corrected chi connectivity index (χ0v) is 17.8. The molecule has 0 radical (unpaired) electrons. The van der Waals surface area contributed by atoms with Gasteiger partial charge >= 0.3 is 0 Å². The van der Waals surface area contributed by atoms with Crippen LogP contribution in [0.4, 0.5) is 0 Å². The van der Waals surface area contributed by atoms with Crippen molar-refractivity contribution < 1.29 is 4.79 Å². The normalized spacial score (nSPS) is 23.1. The second-order valence-corrected chi connectivity index (χ2v) is 10.2. The number of hydrogen-bond donors (Lipinski definition) is 0. The molecule has 0 N–H and O–H groups in total. The summed E-state index contributed by atoms with van der Waals surface area (Å²) in [6.07, 6.45) is 11.0. The van der Waals surface area contributed by atoms with Gasteiger partial charge in [0.05, 0.1) is 5.01 Å². The monoisotopic (exact) mass is 389 g/mol. The average Bonchev–Trinajstić information content (AvgIpc) is 3.37. The van der Waals surface area contributed by atoms with E-state index in [1.165, 1.54) is 82.4 Å². The van der Waals surface area contributed by atoms with E-state index >= 15 is 0 Å². The van der Waals surface area contributed by atoms with Gasteiger partial charge in [-0.1, -0.05) is 33.1 Å². The maximum absolute atomic E-state index is 13.3. The lowest BCUT2D eigenvalue weighted by Crippen LogP contribution is -2.43. The van der Waals surface area contributed by atoms with Gasteiger partial charge in [0, 0.05) is 29.9 Å². The summed E-state index contributed by atoms with van der Waals surface area (Å²) in [5, 5.41) is 3.23. The summed E-state index contributed by atoms with van der Waals surface area (Å²) in [4.78, 5) is 22.9. The molecule has 1 aromatic heterocycles. The molecule has 2 aliphatic carbocycles. The van der Waals surface area contributed by atoms with Gasteiger partial charge in [0.1, 0.15) is 5.69 Å². The number of carbonyl (C=O) groups is 1. The van der Waals surface area contributed by atoms with Gasteiger partial charge in [0.2, 0.25) is 0 Å². The number of rotatable bonds is 6. The second-order valence-electron chi connectivity index (χ2n) is 9.28. The van der Waals surface area contributed by atoms with Crippen molar-refractivity contribution in [2.45, 2.75) is 89.6 Å². The topological polar surface area (TPSA) is 36.4 Å². The Morgan fingerprint density at radius 1 is 1.11 bits per heavy atom. The van der Waals surface area contributed by atoms with Crippen LogP contribution in [0.1, 0.15) is 93.0 Å². The molecule has 1 aliphatic heterocycles. The lowest BCUT2D eigenvalue weighted by atomic mass is 9.94. The van der Waals surface area contributed by atoms with E-state index in [4.69, 9.17) is 4.98 Å². The van der Waals surface area contributed by atoms with Crippen LogP contribution in [0, 0.1) is 5.92 Å². The summed E-state index contributed by atoms with van der Waals surface area (Å²) in [6, 6.07) is 0.952. The molecule has 1 saturated heterocycles. The molecule has 150 valence electrons. The van der Waals surface area contributed by atoms with Gasteiger partial charge in [-0.2, -0.15) is 0 Å². The Hall–Kier alpha value is -0.940. The van der Waals surface area contributed by atoms with Crippen LogP contribution in [-0.2, 0) is 0 Å². The van der Waals surface area contributed by atoms with E-state index in [0.717, 1.165) is 11.6 Å². The first-order valence-electron chi connectivity index (χ1n) is 11.1. The van der Waals surface area contributed by atoms with Gasteiger partial charge in [-0.05, 0) is 57.5 Å². The van der Waals surface area contributed by atoms with Crippen LogP contribution in [0.15, 0.2) is 5.38 Å². The molecule has 4 nitrogen and oxygen atoms in total. The zero-order valence-electron chi connectivity index (χ0n) is 17.0. The molecule has 0 aromatic carbocycles. The molecule has 2 heterocycles. The summed E-state index contributed by atoms with van der Waals surface area (Å²) >= 11 is 1.72. The van der Waals surface area contributed by atoms with Crippen molar-refractivity contribution in [3.63, 3.8) is 0 Å². The summed E-state index contributed by atoms with van der Waals surface area (Å²) in [5.74, 6) is 1.49. The highest BCUT2D eigenvalue weighted by Crippen LogP contribution is 2.36. The molecule has 27 heavy (non-hydrogen) atoms. The highest BCUT2D eigenvalue weighted by atomic mass is 32.1. The van der Waals surface area contributed by atoms with Gasteiger partial charge in [0.25, 0.3) is 5.91 Å². The van der Waals surface area contributed by atoms with Crippen LogP contribution in [-0.4, -0.2) is 52.4 Å². The summed E-state index contributed by atoms with van der Waals surface area (Å²) < 4.78 is 0. The van der Waals surface area contributed by atoms with Crippen molar-refractivity contribution >= 4 is 17.2 Å². The molecule has 0 bridgehead atoms. The Bertz CT molecular complexity index is 625. The number of hydrogen-bond acceptors (Lipinski definition) is 4. The Morgan fingerprint density at radius 2 is 1.78 bits per heavy atom. The average molecular weight is 390 g/mol. The third kappa shape index (κ3) is 4.73. The molecular weight excluding hydrogens is 354 g/mol. The maximum Gasteiger partial charge on any atom is 0.273 e. The van der Waals surface area contributed by atoms with Gasteiger partial charge in [0.15, 0.2) is 0 Å². The fraction of sp³-hybridized carbons (Fsp3) is 0.818. The molecule has 1 aromatic rings. The molecule has 0 atom stereocenters. The van der Waals surface area contributed by atoms with Crippen molar-refractivity contribution in [1.82, 2.24) is 14.8 Å². The quantitative estimate of drug-likeness (QED) is 0.693. The van der Waals surface area contributed by atoms with Crippen LogP contribution >= 0.6 is 11.3 Å². The third-order valence-corrected chi connectivity index (χ3v) is 7.45. The van der Waals surface area contributed by atoms with Crippen LogP contribution in [0.2, 0.25) is 0 Å². The second kappa shape index (κ2) is 8.60. The fourth-order valence-electron chi connectivity index (χ4n) is 4.93. The maximum atomic E-state index is 13.3. The number of aromatic nitrogens is 1. The van der Waals surface area contributed by atoms with Crippen LogP contribution in [0.5, 0.6) is 0 Å². The van der Waals surface area contributed by atoms with Crippen LogP contribution in [0.25, 0.3) is 0 Å². The van der Waals surface area contributed by atoms with E-state index in [0.29, 0.717) is 18.0 Å². The number of thiazole rings is 1. The molecule has 3 aliphatic rings. The van der Waals surface area contributed by atoms with Gasteiger partial charge in [-0.15, -0.1) is 11.3 Å². The minimum atomic E-state index is 0.212. The van der Waals surface area contributed by atoms with Crippen molar-refractivity contribution in [3.8, 4) is 0 Å². The van der Waals surface area contributed by atoms with E-state index in [2.05, 4.69) is 23.6 Å². The molecular formula is C22H35N3OS. The van der Waals surface area contributed by atoms with Crippen molar-refractivity contribution in [3.05, 3.63) is 16.1 Å². The number of carbonyl (C=O) groups excluding carboxylic acids is 1. The lowest BCUT2D eigenvalue weighted by Gasteiger charge is -2.34. The van der Waals surface area contributed by atoms with Crippen LogP contribution in [0.3, 0.4) is 0 Å². The number of piperidine rings is 1. The zero-order chi connectivity index (χ0) is 18.8. The van der Waals surface area contributed by atoms with E-state index in [1.807, 2.05) is 5.38 Å². The molecule has 2 saturated carbocycles. The Morgan fingerprint density at radius 3 is 2.41 bits per heavy atom. The van der Waals surface area contributed by atoms with Crippen molar-refractivity contribution in [2.24, 2.45) is 5.92 Å². The van der Waals surface area contributed by atoms with Crippen LogP contribution < -0.4 is 0 Å². The number of likely N-dealkylation sites (tertiary alicyclic amines) is 1. The number of amides is 1. The van der Waals surface area contributed by atoms with E-state index in [-0.39, 0.29) is 5.91 Å². The minimum Gasteiger partial charge on any atom is -0.331 e. The Labute approximate surface area is 168 Å². The first-order valence-corrected chi connectivity index (χ1v) is 12.0. The minimum absolute atomic E-state index is 0.212. The van der Waals surface area contributed by atoms with Crippen molar-refractivity contribution in [2.75, 3.05) is 19.6 Å². The molecule has 0 unspecified atom stereocenters. The third-order valence-electron chi connectivity index (χ3n) is 6.44. The summed E-state index contributed by atoms with van der Waals surface area (Å²) in [7, 11) is 0. The SMILES string of the molecule is CC(C)CN1CCC(c2nc(C(=O)N(C3CCCCC3)C3CC3)cs2)CC1. The lowest BCUT2D eigenvalue weighted by molar-refractivity contribution is 0.0608. The molecule has 0 spiro atoms. The first kappa shape index (κ1) is 19.4. The largest absolute Gasteiger partial charge is 0.331 e. The van der Waals surface area contributed by atoms with Gasteiger partial charge in [-0.3, -0.25) is 4.79 Å². The fourth-order valence-corrected chi connectivity index (χ4v) is 5.89. The Balaban J connectivity index is 1.39. The Kier molecular flexibility index (Phi) is 6.18.